The lowest BCUT2D eigenvalue weighted by Gasteiger charge is -2.19. The molecule has 6 nitrogen and oxygen atoms in total. The van der Waals surface area contributed by atoms with E-state index < -0.39 is 0 Å². The Bertz CT molecular complexity index is 764. The van der Waals surface area contributed by atoms with Gasteiger partial charge in [-0.2, -0.15) is 0 Å². The lowest BCUT2D eigenvalue weighted by Crippen LogP contribution is -2.44. The van der Waals surface area contributed by atoms with Gasteiger partial charge in [-0.1, -0.05) is 18.2 Å². The first-order valence-corrected chi connectivity index (χ1v) is 9.79. The summed E-state index contributed by atoms with van der Waals surface area (Å²) in [6, 6.07) is 9.86. The van der Waals surface area contributed by atoms with E-state index in [1.165, 1.54) is 4.88 Å². The van der Waals surface area contributed by atoms with Crippen molar-refractivity contribution in [3.63, 3.8) is 0 Å². The van der Waals surface area contributed by atoms with Gasteiger partial charge in [-0.3, -0.25) is 9.79 Å². The third-order valence-electron chi connectivity index (χ3n) is 4.14. The Morgan fingerprint density at radius 2 is 2.15 bits per heavy atom. The highest BCUT2D eigenvalue weighted by Gasteiger charge is 2.30. The number of benzene rings is 1. The van der Waals surface area contributed by atoms with Crippen LogP contribution in [0.4, 0.5) is 5.69 Å². The topological polar surface area (TPSA) is 69.6 Å². The molecule has 8 heteroatoms. The first-order chi connectivity index (χ1) is 12.7. The second-order valence-corrected chi connectivity index (χ2v) is 7.58. The zero-order valence-electron chi connectivity index (χ0n) is 15.6. The lowest BCUT2D eigenvalue weighted by atomic mass is 10.2. The van der Waals surface area contributed by atoms with Crippen LogP contribution in [0, 0.1) is 6.92 Å². The molecule has 1 aromatic heterocycles. The third-order valence-corrected chi connectivity index (χ3v) is 5.12. The van der Waals surface area contributed by atoms with E-state index in [4.69, 9.17) is 0 Å². The molecule has 1 aliphatic heterocycles. The fourth-order valence-electron chi connectivity index (χ4n) is 2.96. The highest BCUT2D eigenvalue weighted by molar-refractivity contribution is 14.0. The zero-order chi connectivity index (χ0) is 18.4. The molecule has 0 bridgehead atoms. The van der Waals surface area contributed by atoms with Crippen LogP contribution >= 0.6 is 35.3 Å². The van der Waals surface area contributed by atoms with Crippen molar-refractivity contribution in [2.45, 2.75) is 32.7 Å². The van der Waals surface area contributed by atoms with Gasteiger partial charge in [-0.25, -0.2) is 4.98 Å². The quantitative estimate of drug-likeness (QED) is 0.365. The molecule has 1 amide bonds. The van der Waals surface area contributed by atoms with Crippen LogP contribution < -0.4 is 15.5 Å². The van der Waals surface area contributed by atoms with Crippen molar-refractivity contribution in [2.24, 2.45) is 4.99 Å². The van der Waals surface area contributed by atoms with E-state index in [0.717, 1.165) is 29.6 Å². The van der Waals surface area contributed by atoms with Crippen molar-refractivity contribution in [1.29, 1.82) is 0 Å². The molecule has 1 aliphatic rings. The molecule has 0 spiro atoms. The maximum atomic E-state index is 12.3. The van der Waals surface area contributed by atoms with Crippen LogP contribution in [0.3, 0.4) is 0 Å². The average Bonchev–Trinajstić information content (AvgIpc) is 3.21. The monoisotopic (exact) mass is 499 g/mol. The van der Waals surface area contributed by atoms with Crippen molar-refractivity contribution in [3.05, 3.63) is 46.4 Å². The summed E-state index contributed by atoms with van der Waals surface area (Å²) in [5.41, 5.74) is 0.947. The third kappa shape index (κ3) is 6.17. The molecule has 0 radical (unpaired) electrons. The summed E-state index contributed by atoms with van der Waals surface area (Å²) in [6.07, 6.45) is 3.20. The standard InChI is InChI=1S/C19H25N5OS.HI/c1-3-20-19(21-10-9-17-22-12-14(2)26-17)23-15-11-18(25)24(13-15)16-7-5-4-6-8-16;/h4-8,12,15H,3,9-11,13H2,1-2H3,(H2,20,21,23);1H. The number of aromatic nitrogens is 1. The van der Waals surface area contributed by atoms with Gasteiger partial charge in [0.05, 0.1) is 11.0 Å². The number of para-hydroxylation sites is 1. The number of amides is 1. The number of carbonyl (C=O) groups is 1. The summed E-state index contributed by atoms with van der Waals surface area (Å²) in [4.78, 5) is 24.4. The molecule has 0 aliphatic carbocycles. The van der Waals surface area contributed by atoms with Gasteiger partial charge in [-0.05, 0) is 26.0 Å². The summed E-state index contributed by atoms with van der Waals surface area (Å²) in [6.45, 7) is 6.21. The van der Waals surface area contributed by atoms with Crippen LogP contribution in [-0.2, 0) is 11.2 Å². The van der Waals surface area contributed by atoms with Gasteiger partial charge >= 0.3 is 0 Å². The van der Waals surface area contributed by atoms with Crippen molar-refractivity contribution >= 4 is 52.9 Å². The van der Waals surface area contributed by atoms with Crippen LogP contribution in [0.25, 0.3) is 0 Å². The van der Waals surface area contributed by atoms with Crippen molar-refractivity contribution < 1.29 is 4.79 Å². The van der Waals surface area contributed by atoms with Crippen molar-refractivity contribution in [2.75, 3.05) is 24.5 Å². The molecule has 1 atom stereocenters. The largest absolute Gasteiger partial charge is 0.357 e. The number of carbonyl (C=O) groups excluding carboxylic acids is 1. The van der Waals surface area contributed by atoms with E-state index >= 15 is 0 Å². The normalized spacial score (nSPS) is 17.0. The Morgan fingerprint density at radius 3 is 2.81 bits per heavy atom. The molecule has 0 saturated carbocycles. The average molecular weight is 499 g/mol. The highest BCUT2D eigenvalue weighted by atomic mass is 127. The van der Waals surface area contributed by atoms with Gasteiger partial charge < -0.3 is 15.5 Å². The van der Waals surface area contributed by atoms with Gasteiger partial charge in [-0.15, -0.1) is 35.3 Å². The van der Waals surface area contributed by atoms with E-state index in [9.17, 15) is 4.79 Å². The molecule has 2 N–H and O–H groups in total. The minimum absolute atomic E-state index is 0. The molecule has 2 aromatic rings. The number of anilines is 1. The molecule has 3 rings (SSSR count). The number of nitrogens with zero attached hydrogens (tertiary/aromatic N) is 3. The highest BCUT2D eigenvalue weighted by Crippen LogP contribution is 2.21. The Kier molecular flexibility index (Phi) is 8.49. The number of thiazole rings is 1. The van der Waals surface area contributed by atoms with Crippen LogP contribution in [0.2, 0.25) is 0 Å². The number of rotatable bonds is 6. The van der Waals surface area contributed by atoms with Gasteiger partial charge in [0.2, 0.25) is 5.91 Å². The predicted molar refractivity (Wildman–Crippen MR) is 122 cm³/mol. The second kappa shape index (κ2) is 10.6. The molecule has 1 fully saturated rings. The molecule has 2 heterocycles. The van der Waals surface area contributed by atoms with Gasteiger partial charge in [0.15, 0.2) is 5.96 Å². The summed E-state index contributed by atoms with van der Waals surface area (Å²) < 4.78 is 0. The molecule has 146 valence electrons. The van der Waals surface area contributed by atoms with Crippen LogP contribution in [-0.4, -0.2) is 42.5 Å². The van der Waals surface area contributed by atoms with E-state index in [-0.39, 0.29) is 35.9 Å². The molecule has 1 saturated heterocycles. The minimum atomic E-state index is 0. The van der Waals surface area contributed by atoms with Gasteiger partial charge in [0, 0.05) is 49.2 Å². The summed E-state index contributed by atoms with van der Waals surface area (Å²) in [5, 5.41) is 7.77. The number of halogens is 1. The predicted octanol–water partition coefficient (Wildman–Crippen LogP) is 2.97. The van der Waals surface area contributed by atoms with Crippen molar-refractivity contribution in [1.82, 2.24) is 15.6 Å². The zero-order valence-corrected chi connectivity index (χ0v) is 18.8. The molecular weight excluding hydrogens is 473 g/mol. The minimum Gasteiger partial charge on any atom is -0.357 e. The van der Waals surface area contributed by atoms with E-state index in [1.807, 2.05) is 48.4 Å². The van der Waals surface area contributed by atoms with E-state index in [1.54, 1.807) is 11.3 Å². The van der Waals surface area contributed by atoms with Gasteiger partial charge in [0.1, 0.15) is 0 Å². The van der Waals surface area contributed by atoms with Crippen LogP contribution in [0.5, 0.6) is 0 Å². The maximum absolute atomic E-state index is 12.3. The number of aryl methyl sites for hydroxylation is 1. The first kappa shape index (κ1) is 21.6. The van der Waals surface area contributed by atoms with Crippen LogP contribution in [0.15, 0.2) is 41.5 Å². The summed E-state index contributed by atoms with van der Waals surface area (Å²) in [7, 11) is 0. The first-order valence-electron chi connectivity index (χ1n) is 8.97. The SMILES string of the molecule is CCNC(=NCCc1ncc(C)s1)NC1CC(=O)N(c2ccccc2)C1.I. The molecule has 1 aromatic carbocycles. The molecule has 1 unspecified atom stereocenters. The number of nitrogens with one attached hydrogen (secondary N) is 2. The molecular formula is C19H26IN5OS. The number of hydrogen-bond donors (Lipinski definition) is 2. The second-order valence-electron chi connectivity index (χ2n) is 6.26. The summed E-state index contributed by atoms with van der Waals surface area (Å²) >= 11 is 1.71. The Morgan fingerprint density at radius 1 is 1.37 bits per heavy atom. The maximum Gasteiger partial charge on any atom is 0.229 e. The van der Waals surface area contributed by atoms with Crippen molar-refractivity contribution in [3.8, 4) is 0 Å². The number of aliphatic imine (C=N–C) groups is 1. The number of hydrogen-bond acceptors (Lipinski definition) is 4. The molecule has 27 heavy (non-hydrogen) atoms. The van der Waals surface area contributed by atoms with E-state index in [0.29, 0.717) is 19.5 Å². The Balaban J connectivity index is 0.00000261. The summed E-state index contributed by atoms with van der Waals surface area (Å²) in [5.74, 6) is 0.899. The lowest BCUT2D eigenvalue weighted by molar-refractivity contribution is -0.117. The fraction of sp³-hybridized carbons (Fsp3) is 0.421. The Hall–Kier alpha value is -1.68. The smallest absolute Gasteiger partial charge is 0.229 e. The van der Waals surface area contributed by atoms with Gasteiger partial charge in [0.25, 0.3) is 0 Å². The van der Waals surface area contributed by atoms with Crippen LogP contribution in [0.1, 0.15) is 23.2 Å². The van der Waals surface area contributed by atoms with E-state index in [2.05, 4.69) is 27.5 Å². The fourth-order valence-corrected chi connectivity index (χ4v) is 3.73. The Labute approximate surface area is 181 Å². The number of guanidine groups is 1.